The van der Waals surface area contributed by atoms with Crippen molar-refractivity contribution in [3.8, 4) is 0 Å². The normalized spacial score (nSPS) is 14.8. The second-order valence-electron chi connectivity index (χ2n) is 2.66. The van der Waals surface area contributed by atoms with Crippen LogP contribution in [-0.2, 0) is 4.79 Å². The van der Waals surface area contributed by atoms with Crippen molar-refractivity contribution in [3.05, 3.63) is 34.3 Å². The van der Waals surface area contributed by atoms with Gasteiger partial charge in [0.15, 0.2) is 0 Å². The molecule has 0 saturated carbocycles. The summed E-state index contributed by atoms with van der Waals surface area (Å²) in [5.74, 6) is -0.886. The number of carbonyl (C=O) groups is 1. The molecule has 5 heteroatoms. The number of carboxylic acids is 1. The first-order chi connectivity index (χ1) is 6.54. The maximum absolute atomic E-state index is 10.7. The zero-order valence-electron chi connectivity index (χ0n) is 6.95. The van der Waals surface area contributed by atoms with Gasteiger partial charge in [0.25, 0.3) is 0 Å². The van der Waals surface area contributed by atoms with Crippen LogP contribution in [0.2, 0.25) is 0 Å². The molecule has 0 aliphatic carbocycles. The fourth-order valence-corrected chi connectivity index (χ4v) is 2.73. The quantitative estimate of drug-likeness (QED) is 0.804. The van der Waals surface area contributed by atoms with Crippen molar-refractivity contribution in [3.63, 3.8) is 0 Å². The lowest BCUT2D eigenvalue weighted by molar-refractivity contribution is -0.136. The van der Waals surface area contributed by atoms with E-state index in [4.69, 9.17) is 5.11 Å². The third-order valence-electron chi connectivity index (χ3n) is 1.70. The Balaban J connectivity index is 2.94. The van der Waals surface area contributed by atoms with Crippen molar-refractivity contribution in [2.24, 2.45) is 0 Å². The summed E-state index contributed by atoms with van der Waals surface area (Å²) in [5, 5.41) is 8.81. The van der Waals surface area contributed by atoms with Gasteiger partial charge in [-0.05, 0) is 11.6 Å². The van der Waals surface area contributed by atoms with Gasteiger partial charge < -0.3 is 5.11 Å². The molecule has 0 aliphatic heterocycles. The molecule has 0 bridgehead atoms. The summed E-state index contributed by atoms with van der Waals surface area (Å²) < 4.78 is 0.896. The molecule has 14 heavy (non-hydrogen) atoms. The maximum Gasteiger partial charge on any atom is 0.318 e. The van der Waals surface area contributed by atoms with Crippen LogP contribution < -0.4 is 0 Å². The molecule has 0 saturated heterocycles. The molecular formula is C9H7Br3O2. The number of carboxylic acid groups (broad SMARTS) is 1. The number of rotatable bonds is 3. The molecule has 1 N–H and O–H groups in total. The predicted octanol–water partition coefficient (Wildman–Crippen LogP) is 3.73. The monoisotopic (exact) mass is 384 g/mol. The Bertz CT molecular complexity index is 341. The smallest absolute Gasteiger partial charge is 0.318 e. The third kappa shape index (κ3) is 2.81. The largest absolute Gasteiger partial charge is 0.480 e. The molecule has 2 atom stereocenters. The van der Waals surface area contributed by atoms with Gasteiger partial charge in [-0.25, -0.2) is 0 Å². The van der Waals surface area contributed by atoms with Crippen LogP contribution in [0.4, 0.5) is 0 Å². The molecule has 0 aromatic heterocycles. The molecular weight excluding hydrogens is 380 g/mol. The van der Waals surface area contributed by atoms with Crippen LogP contribution in [-0.4, -0.2) is 15.9 Å². The summed E-state index contributed by atoms with van der Waals surface area (Å²) >= 11 is 9.83. The average molecular weight is 387 g/mol. The molecule has 0 amide bonds. The molecule has 0 heterocycles. The van der Waals surface area contributed by atoms with E-state index >= 15 is 0 Å². The van der Waals surface area contributed by atoms with Crippen LogP contribution in [0.15, 0.2) is 28.7 Å². The molecule has 1 aromatic rings. The van der Waals surface area contributed by atoms with Crippen molar-refractivity contribution in [2.45, 2.75) is 9.65 Å². The lowest BCUT2D eigenvalue weighted by Gasteiger charge is -2.14. The minimum Gasteiger partial charge on any atom is -0.480 e. The molecule has 2 nitrogen and oxygen atoms in total. The molecule has 0 fully saturated rings. The summed E-state index contributed by atoms with van der Waals surface area (Å²) in [7, 11) is 0. The van der Waals surface area contributed by atoms with Crippen LogP contribution >= 0.6 is 47.8 Å². The molecule has 0 spiro atoms. The number of hydrogen-bond acceptors (Lipinski definition) is 1. The van der Waals surface area contributed by atoms with E-state index in [-0.39, 0.29) is 4.83 Å². The van der Waals surface area contributed by atoms with E-state index in [1.807, 2.05) is 24.3 Å². The lowest BCUT2D eigenvalue weighted by Crippen LogP contribution is -2.18. The highest BCUT2D eigenvalue weighted by atomic mass is 79.9. The summed E-state index contributed by atoms with van der Waals surface area (Å²) in [6.45, 7) is 0. The highest BCUT2D eigenvalue weighted by Crippen LogP contribution is 2.35. The van der Waals surface area contributed by atoms with E-state index in [9.17, 15) is 4.79 Å². The van der Waals surface area contributed by atoms with Gasteiger partial charge >= 0.3 is 5.97 Å². The minimum atomic E-state index is -0.886. The second kappa shape index (κ2) is 5.28. The Kier molecular flexibility index (Phi) is 4.60. The number of hydrogen-bond donors (Lipinski definition) is 1. The summed E-state index contributed by atoms with van der Waals surface area (Å²) in [6, 6.07) is 7.51. The second-order valence-corrected chi connectivity index (χ2v) is 5.49. The van der Waals surface area contributed by atoms with Crippen LogP contribution in [0.25, 0.3) is 0 Å². The minimum absolute atomic E-state index is 0.254. The molecule has 1 aromatic carbocycles. The first-order valence-electron chi connectivity index (χ1n) is 3.79. The van der Waals surface area contributed by atoms with E-state index in [0.717, 1.165) is 10.0 Å². The Morgan fingerprint density at radius 1 is 1.29 bits per heavy atom. The van der Waals surface area contributed by atoms with Gasteiger partial charge in [0.05, 0.1) is 4.83 Å². The molecule has 0 unspecified atom stereocenters. The molecule has 76 valence electrons. The van der Waals surface area contributed by atoms with Gasteiger partial charge in [0.2, 0.25) is 0 Å². The van der Waals surface area contributed by atoms with Crippen LogP contribution in [0, 0.1) is 0 Å². The Hall–Kier alpha value is 0.130. The van der Waals surface area contributed by atoms with Gasteiger partial charge in [-0.3, -0.25) is 4.79 Å². The highest BCUT2D eigenvalue weighted by Gasteiger charge is 2.25. The Labute approximate surface area is 107 Å². The van der Waals surface area contributed by atoms with Crippen molar-refractivity contribution >= 4 is 53.8 Å². The van der Waals surface area contributed by atoms with Crippen molar-refractivity contribution < 1.29 is 9.90 Å². The van der Waals surface area contributed by atoms with Crippen LogP contribution in [0.1, 0.15) is 10.4 Å². The van der Waals surface area contributed by atoms with Gasteiger partial charge in [-0.1, -0.05) is 66.0 Å². The standard InChI is InChI=1S/C9H7Br3O2/c10-6-4-2-1-3-5(6)7(11)8(12)9(13)14/h1-4,7-8H,(H,13,14)/t7-,8+/m1/s1. The molecule has 1 rings (SSSR count). The van der Waals surface area contributed by atoms with Crippen molar-refractivity contribution in [1.82, 2.24) is 0 Å². The number of benzene rings is 1. The topological polar surface area (TPSA) is 37.3 Å². The van der Waals surface area contributed by atoms with E-state index in [1.165, 1.54) is 0 Å². The van der Waals surface area contributed by atoms with Crippen molar-refractivity contribution in [2.75, 3.05) is 0 Å². The van der Waals surface area contributed by atoms with Gasteiger partial charge in [0.1, 0.15) is 4.83 Å². The number of halogens is 3. The summed E-state index contributed by atoms with van der Waals surface area (Å²) in [4.78, 5) is 9.84. The molecule has 0 aliphatic rings. The summed E-state index contributed by atoms with van der Waals surface area (Å²) in [6.07, 6.45) is 0. The van der Waals surface area contributed by atoms with Crippen LogP contribution in [0.3, 0.4) is 0 Å². The zero-order valence-corrected chi connectivity index (χ0v) is 11.7. The van der Waals surface area contributed by atoms with Gasteiger partial charge in [0, 0.05) is 4.47 Å². The zero-order chi connectivity index (χ0) is 10.7. The fourth-order valence-electron chi connectivity index (χ4n) is 0.982. The van der Waals surface area contributed by atoms with Gasteiger partial charge in [-0.2, -0.15) is 0 Å². The fraction of sp³-hybridized carbons (Fsp3) is 0.222. The van der Waals surface area contributed by atoms with E-state index in [1.54, 1.807) is 0 Å². The molecule has 0 radical (unpaired) electrons. The van der Waals surface area contributed by atoms with E-state index in [2.05, 4.69) is 47.8 Å². The van der Waals surface area contributed by atoms with Crippen molar-refractivity contribution in [1.29, 1.82) is 0 Å². The highest BCUT2D eigenvalue weighted by molar-refractivity contribution is 9.12. The van der Waals surface area contributed by atoms with Gasteiger partial charge in [-0.15, -0.1) is 0 Å². The lowest BCUT2D eigenvalue weighted by atomic mass is 10.1. The summed E-state index contributed by atoms with van der Waals surface area (Å²) in [5.41, 5.74) is 0.914. The average Bonchev–Trinajstić information content (AvgIpc) is 2.16. The van der Waals surface area contributed by atoms with E-state index in [0.29, 0.717) is 0 Å². The number of aliphatic carboxylic acids is 1. The first-order valence-corrected chi connectivity index (χ1v) is 6.42. The first kappa shape index (κ1) is 12.2. The van der Waals surface area contributed by atoms with Crippen LogP contribution in [0.5, 0.6) is 0 Å². The van der Waals surface area contributed by atoms with E-state index < -0.39 is 10.8 Å². The Morgan fingerprint density at radius 3 is 2.36 bits per heavy atom. The Morgan fingerprint density at radius 2 is 1.86 bits per heavy atom. The number of alkyl halides is 2. The SMILES string of the molecule is O=C(O)[C@@H](Br)[C@H](Br)c1ccccc1Br. The predicted molar refractivity (Wildman–Crippen MR) is 66.2 cm³/mol. The third-order valence-corrected chi connectivity index (χ3v) is 5.07. The maximum atomic E-state index is 10.7.